The number of aromatic nitrogens is 7. The third-order valence-electron chi connectivity index (χ3n) is 6.73. The molecule has 4 aromatic heterocycles. The van der Waals surface area contributed by atoms with E-state index in [9.17, 15) is 0 Å². The number of hydrogen-bond acceptors (Lipinski definition) is 8. The summed E-state index contributed by atoms with van der Waals surface area (Å²) in [6.45, 7) is 5.84. The molecule has 1 fully saturated rings. The molecule has 6 rings (SSSR count). The maximum Gasteiger partial charge on any atom is 0.222 e. The van der Waals surface area contributed by atoms with Crippen LogP contribution in [0, 0.1) is 0 Å². The lowest BCUT2D eigenvalue weighted by Gasteiger charge is -2.19. The van der Waals surface area contributed by atoms with Crippen molar-refractivity contribution < 1.29 is 4.74 Å². The van der Waals surface area contributed by atoms with Gasteiger partial charge in [-0.3, -0.25) is 9.58 Å². The Balaban J connectivity index is 1.37. The average molecular weight is 484 g/mol. The van der Waals surface area contributed by atoms with Crippen LogP contribution in [0.5, 0.6) is 5.88 Å². The number of rotatable bonds is 8. The van der Waals surface area contributed by atoms with E-state index in [1.807, 2.05) is 24.1 Å². The van der Waals surface area contributed by atoms with E-state index in [1.54, 1.807) is 6.33 Å². The molecule has 10 nitrogen and oxygen atoms in total. The van der Waals surface area contributed by atoms with Gasteiger partial charge < -0.3 is 15.0 Å². The quantitative estimate of drug-likeness (QED) is 0.341. The molecule has 5 heterocycles. The average Bonchev–Trinajstić information content (AvgIpc) is 3.66. The molecule has 0 spiro atoms. The summed E-state index contributed by atoms with van der Waals surface area (Å²) >= 11 is 0. The zero-order chi connectivity index (χ0) is 24.5. The van der Waals surface area contributed by atoms with Crippen molar-refractivity contribution in [3.8, 4) is 17.0 Å². The first-order valence-corrected chi connectivity index (χ1v) is 12.3. The first kappa shape index (κ1) is 22.4. The number of H-pyrrole nitrogens is 1. The molecule has 36 heavy (non-hydrogen) atoms. The Morgan fingerprint density at radius 3 is 2.89 bits per heavy atom. The third kappa shape index (κ3) is 4.35. The van der Waals surface area contributed by atoms with E-state index < -0.39 is 0 Å². The van der Waals surface area contributed by atoms with Gasteiger partial charge in [-0.15, -0.1) is 0 Å². The normalized spacial score (nSPS) is 15.1. The number of nitrogens with one attached hydrogen (secondary N) is 2. The summed E-state index contributed by atoms with van der Waals surface area (Å²) in [6, 6.07) is 8.27. The van der Waals surface area contributed by atoms with Gasteiger partial charge in [-0.05, 0) is 49.9 Å². The maximum atomic E-state index is 6.40. The predicted molar refractivity (Wildman–Crippen MR) is 139 cm³/mol. The molecule has 0 saturated carbocycles. The van der Waals surface area contributed by atoms with Crippen molar-refractivity contribution in [2.24, 2.45) is 7.05 Å². The molecule has 1 unspecified atom stereocenters. The van der Waals surface area contributed by atoms with Crippen LogP contribution in [-0.4, -0.2) is 65.8 Å². The lowest BCUT2D eigenvalue weighted by molar-refractivity contribution is 0.233. The van der Waals surface area contributed by atoms with E-state index in [2.05, 4.69) is 66.4 Å². The molecule has 0 radical (unpaired) electrons. The van der Waals surface area contributed by atoms with Gasteiger partial charge in [0, 0.05) is 25.4 Å². The minimum atomic E-state index is -0.126. The van der Waals surface area contributed by atoms with Crippen molar-refractivity contribution in [3.63, 3.8) is 0 Å². The predicted octanol–water partition coefficient (Wildman–Crippen LogP) is 3.95. The Bertz CT molecular complexity index is 1500. The highest BCUT2D eigenvalue weighted by molar-refractivity contribution is 6.00. The second-order valence-electron chi connectivity index (χ2n) is 9.25. The number of ether oxygens (including phenoxy) is 1. The van der Waals surface area contributed by atoms with Gasteiger partial charge in [0.2, 0.25) is 5.88 Å². The minimum Gasteiger partial charge on any atom is -0.476 e. The van der Waals surface area contributed by atoms with Crippen LogP contribution in [0.15, 0.2) is 49.3 Å². The third-order valence-corrected chi connectivity index (χ3v) is 6.73. The van der Waals surface area contributed by atoms with E-state index in [0.29, 0.717) is 24.0 Å². The smallest absolute Gasteiger partial charge is 0.222 e. The highest BCUT2D eigenvalue weighted by Gasteiger charge is 2.19. The number of hydrogen-bond donors (Lipinski definition) is 2. The van der Waals surface area contributed by atoms with Crippen molar-refractivity contribution in [1.29, 1.82) is 0 Å². The fourth-order valence-corrected chi connectivity index (χ4v) is 4.85. The van der Waals surface area contributed by atoms with Crippen LogP contribution in [-0.2, 0) is 7.05 Å². The molecule has 0 bridgehead atoms. The molecule has 0 aliphatic carbocycles. The number of fused-ring (bicyclic) bond motifs is 2. The molecular formula is C26H29N9O. The van der Waals surface area contributed by atoms with Gasteiger partial charge in [0.1, 0.15) is 18.5 Å². The number of aryl methyl sites for hydroxylation is 1. The van der Waals surface area contributed by atoms with E-state index in [0.717, 1.165) is 52.7 Å². The molecule has 0 amide bonds. The van der Waals surface area contributed by atoms with Crippen LogP contribution < -0.4 is 10.1 Å². The number of aromatic amines is 1. The van der Waals surface area contributed by atoms with Gasteiger partial charge in [0.25, 0.3) is 0 Å². The summed E-state index contributed by atoms with van der Waals surface area (Å²) in [7, 11) is 1.93. The Labute approximate surface area is 208 Å². The van der Waals surface area contributed by atoms with Crippen molar-refractivity contribution in [2.45, 2.75) is 25.8 Å². The first-order valence-electron chi connectivity index (χ1n) is 12.3. The summed E-state index contributed by atoms with van der Waals surface area (Å²) in [6.07, 6.45) is 9.56. The van der Waals surface area contributed by atoms with Crippen molar-refractivity contribution >= 4 is 27.8 Å². The number of likely N-dealkylation sites (tertiary alicyclic amines) is 1. The SMILES string of the molecule is CC(Nc1ncnc2nc[nH]c12)c1cc2cccc(-c3cnn(C)c3)c2c(OCCN2CCCC2)n1. The monoisotopic (exact) mass is 483 g/mol. The number of imidazole rings is 1. The highest BCUT2D eigenvalue weighted by atomic mass is 16.5. The first-order chi connectivity index (χ1) is 17.7. The molecule has 184 valence electrons. The van der Waals surface area contributed by atoms with Gasteiger partial charge in [-0.2, -0.15) is 5.10 Å². The fraction of sp³-hybridized carbons (Fsp3) is 0.346. The number of nitrogens with zero attached hydrogens (tertiary/aromatic N) is 7. The second-order valence-corrected chi connectivity index (χ2v) is 9.25. The summed E-state index contributed by atoms with van der Waals surface area (Å²) in [5.74, 6) is 1.33. The van der Waals surface area contributed by atoms with E-state index >= 15 is 0 Å². The summed E-state index contributed by atoms with van der Waals surface area (Å²) in [4.78, 5) is 23.4. The van der Waals surface area contributed by atoms with Crippen LogP contribution in [0.2, 0.25) is 0 Å². The number of benzene rings is 1. The Morgan fingerprint density at radius 1 is 1.17 bits per heavy atom. The van der Waals surface area contributed by atoms with Gasteiger partial charge in [0.15, 0.2) is 11.5 Å². The minimum absolute atomic E-state index is 0.126. The molecule has 1 aliphatic rings. The summed E-state index contributed by atoms with van der Waals surface area (Å²) < 4.78 is 8.21. The Hall–Kier alpha value is -4.05. The van der Waals surface area contributed by atoms with Gasteiger partial charge in [-0.1, -0.05) is 18.2 Å². The lowest BCUT2D eigenvalue weighted by Crippen LogP contribution is -2.25. The van der Waals surface area contributed by atoms with Gasteiger partial charge in [0.05, 0.1) is 29.6 Å². The van der Waals surface area contributed by atoms with Crippen molar-refractivity contribution in [1.82, 2.24) is 39.6 Å². The van der Waals surface area contributed by atoms with E-state index in [-0.39, 0.29) is 6.04 Å². The molecule has 2 N–H and O–H groups in total. The molecule has 5 aromatic rings. The molecule has 1 aliphatic heterocycles. The standard InChI is InChI=1S/C26H29N9O/c1-17(32-25-23-24(28-15-27-23)29-16-30-25)21-12-18-6-5-7-20(19-13-31-34(2)14-19)22(18)26(33-21)36-11-10-35-8-3-4-9-35/h5-7,12-17H,3-4,8-11H2,1-2H3,(H2,27,28,29,30,32). The number of pyridine rings is 1. The summed E-state index contributed by atoms with van der Waals surface area (Å²) in [5.41, 5.74) is 4.36. The Kier molecular flexibility index (Phi) is 5.94. The molecule has 1 saturated heterocycles. The number of anilines is 1. The van der Waals surface area contributed by atoms with Crippen molar-refractivity contribution in [3.05, 3.63) is 55.0 Å². The lowest BCUT2D eigenvalue weighted by atomic mass is 10.00. The zero-order valence-corrected chi connectivity index (χ0v) is 20.5. The second kappa shape index (κ2) is 9.54. The molecule has 1 aromatic carbocycles. The van der Waals surface area contributed by atoms with Crippen LogP contribution in [0.3, 0.4) is 0 Å². The van der Waals surface area contributed by atoms with Gasteiger partial charge in [-0.25, -0.2) is 19.9 Å². The largest absolute Gasteiger partial charge is 0.476 e. The zero-order valence-electron chi connectivity index (χ0n) is 20.5. The van der Waals surface area contributed by atoms with Crippen LogP contribution >= 0.6 is 0 Å². The van der Waals surface area contributed by atoms with Crippen molar-refractivity contribution in [2.75, 3.05) is 31.6 Å². The van der Waals surface area contributed by atoms with Crippen LogP contribution in [0.25, 0.3) is 33.1 Å². The molecule has 1 atom stereocenters. The summed E-state index contributed by atoms with van der Waals surface area (Å²) in [5, 5.41) is 9.91. The van der Waals surface area contributed by atoms with Gasteiger partial charge >= 0.3 is 0 Å². The molecule has 10 heteroatoms. The highest BCUT2D eigenvalue weighted by Crippen LogP contribution is 2.36. The van der Waals surface area contributed by atoms with E-state index in [1.165, 1.54) is 19.2 Å². The maximum absolute atomic E-state index is 6.40. The Morgan fingerprint density at radius 2 is 2.06 bits per heavy atom. The van der Waals surface area contributed by atoms with E-state index in [4.69, 9.17) is 9.72 Å². The van der Waals surface area contributed by atoms with Crippen LogP contribution in [0.1, 0.15) is 31.5 Å². The molecular weight excluding hydrogens is 454 g/mol. The topological polar surface area (TPSA) is 110 Å². The fourth-order valence-electron chi connectivity index (χ4n) is 4.85. The van der Waals surface area contributed by atoms with Crippen LogP contribution in [0.4, 0.5) is 5.82 Å².